The predicted molar refractivity (Wildman–Crippen MR) is 131 cm³/mol. The van der Waals surface area contributed by atoms with Gasteiger partial charge in [0.2, 0.25) is 0 Å². The third kappa shape index (κ3) is 3.78. The molecule has 1 aromatic rings. The first-order valence-corrected chi connectivity index (χ1v) is 13.9. The van der Waals surface area contributed by atoms with E-state index in [0.29, 0.717) is 22.3 Å². The smallest absolute Gasteiger partial charge is 0.102 e. The van der Waals surface area contributed by atoms with Crippen LogP contribution in [0.3, 0.4) is 0 Å². The summed E-state index contributed by atoms with van der Waals surface area (Å²) in [5.74, 6) is 4.68. The molecule has 1 aromatic heterocycles. The van der Waals surface area contributed by atoms with Crippen LogP contribution in [0, 0.1) is 57.7 Å². The Morgan fingerprint density at radius 1 is 1.12 bits per heavy atom. The second-order valence-corrected chi connectivity index (χ2v) is 13.1. The van der Waals surface area contributed by atoms with E-state index in [-0.39, 0.29) is 5.60 Å². The lowest BCUT2D eigenvalue weighted by atomic mass is 9.43. The summed E-state index contributed by atoms with van der Waals surface area (Å²) in [6.07, 6.45) is 17.2. The van der Waals surface area contributed by atoms with Crippen molar-refractivity contribution in [3.63, 3.8) is 0 Å². The Balaban J connectivity index is 1.31. The molecule has 0 saturated heterocycles. The van der Waals surface area contributed by atoms with Crippen LogP contribution in [0.1, 0.15) is 104 Å². The van der Waals surface area contributed by atoms with Crippen molar-refractivity contribution in [2.45, 2.75) is 110 Å². The van der Waals surface area contributed by atoms with Crippen LogP contribution in [-0.2, 0) is 6.54 Å². The van der Waals surface area contributed by atoms with Crippen LogP contribution in [0.15, 0.2) is 12.4 Å². The number of rotatable bonds is 5. The summed E-state index contributed by atoms with van der Waals surface area (Å²) in [6.45, 7) is 10.8. The molecule has 4 fully saturated rings. The quantitative estimate of drug-likeness (QED) is 0.550. The number of aromatic nitrogens is 2. The van der Waals surface area contributed by atoms with Crippen molar-refractivity contribution in [1.82, 2.24) is 9.78 Å². The van der Waals surface area contributed by atoms with E-state index < -0.39 is 0 Å². The molecule has 4 aliphatic rings. The maximum Gasteiger partial charge on any atom is 0.102 e. The van der Waals surface area contributed by atoms with Gasteiger partial charge in [0.25, 0.3) is 0 Å². The van der Waals surface area contributed by atoms with E-state index >= 15 is 0 Å². The van der Waals surface area contributed by atoms with E-state index in [1.807, 2.05) is 10.9 Å². The molecule has 4 heteroatoms. The number of nitrogens with zero attached hydrogens (tertiary/aromatic N) is 3. The van der Waals surface area contributed by atoms with E-state index in [2.05, 4.69) is 38.9 Å². The highest BCUT2D eigenvalue weighted by molar-refractivity contribution is 5.21. The van der Waals surface area contributed by atoms with E-state index in [1.165, 1.54) is 44.9 Å². The van der Waals surface area contributed by atoms with Gasteiger partial charge in [0.15, 0.2) is 0 Å². The molecule has 1 N–H and O–H groups in total. The molecule has 33 heavy (non-hydrogen) atoms. The van der Waals surface area contributed by atoms with Gasteiger partial charge >= 0.3 is 0 Å². The summed E-state index contributed by atoms with van der Waals surface area (Å²) in [5.41, 5.74) is 1.17. The molecule has 4 saturated carbocycles. The van der Waals surface area contributed by atoms with Gasteiger partial charge in [-0.25, -0.2) is 0 Å². The monoisotopic (exact) mass is 451 g/mol. The highest BCUT2D eigenvalue weighted by Crippen LogP contribution is 2.69. The van der Waals surface area contributed by atoms with Crippen LogP contribution >= 0.6 is 0 Å². The van der Waals surface area contributed by atoms with Crippen molar-refractivity contribution >= 4 is 0 Å². The number of fused-ring (bicyclic) bond motifs is 5. The zero-order valence-corrected chi connectivity index (χ0v) is 21.4. The fourth-order valence-electron chi connectivity index (χ4n) is 9.93. The number of nitriles is 1. The van der Waals surface area contributed by atoms with E-state index in [0.717, 1.165) is 61.8 Å². The molecule has 0 aromatic carbocycles. The third-order valence-electron chi connectivity index (χ3n) is 11.5. The summed E-state index contributed by atoms with van der Waals surface area (Å²) in [6, 6.07) is 2.21. The van der Waals surface area contributed by atoms with Gasteiger partial charge in [-0.05, 0) is 111 Å². The fourth-order valence-corrected chi connectivity index (χ4v) is 9.93. The van der Waals surface area contributed by atoms with Crippen LogP contribution < -0.4 is 0 Å². The molecule has 1 unspecified atom stereocenters. The molecular weight excluding hydrogens is 406 g/mol. The molecule has 0 spiro atoms. The molecule has 9 atom stereocenters. The minimum Gasteiger partial charge on any atom is -0.390 e. The summed E-state index contributed by atoms with van der Waals surface area (Å²) in [5, 5.41) is 24.8. The lowest BCUT2D eigenvalue weighted by molar-refractivity contribution is -0.153. The first kappa shape index (κ1) is 23.4. The summed E-state index contributed by atoms with van der Waals surface area (Å²) in [7, 11) is 0. The minimum absolute atomic E-state index is 0.388. The SMILES string of the molecule is CCC[C@@]1(O)CC[C@@]2(C)[C@H](CC[C@@H]3[C@@H]2CC[C@]2(C)C([C@H](C)Cn4cc(C#N)cn4)CC[C@@H]32)C1. The van der Waals surface area contributed by atoms with Gasteiger partial charge in [0.1, 0.15) is 6.07 Å². The Hall–Kier alpha value is -1.34. The van der Waals surface area contributed by atoms with Crippen molar-refractivity contribution < 1.29 is 5.11 Å². The Bertz CT molecular complexity index is 903. The predicted octanol–water partition coefficient (Wildman–Crippen LogP) is 6.58. The van der Waals surface area contributed by atoms with Gasteiger partial charge in [0.05, 0.1) is 17.4 Å². The molecule has 182 valence electrons. The lowest BCUT2D eigenvalue weighted by Gasteiger charge is -2.62. The van der Waals surface area contributed by atoms with Crippen LogP contribution in [0.2, 0.25) is 0 Å². The van der Waals surface area contributed by atoms with E-state index in [1.54, 1.807) is 6.20 Å². The first-order chi connectivity index (χ1) is 15.7. The van der Waals surface area contributed by atoms with Crippen molar-refractivity contribution in [3.05, 3.63) is 18.0 Å². The largest absolute Gasteiger partial charge is 0.390 e. The topological polar surface area (TPSA) is 61.8 Å². The van der Waals surface area contributed by atoms with Gasteiger partial charge in [-0.2, -0.15) is 10.4 Å². The second-order valence-electron chi connectivity index (χ2n) is 13.1. The van der Waals surface area contributed by atoms with Crippen LogP contribution in [0.5, 0.6) is 0 Å². The van der Waals surface area contributed by atoms with Gasteiger partial charge < -0.3 is 5.11 Å². The van der Waals surface area contributed by atoms with Gasteiger partial charge in [-0.1, -0.05) is 34.1 Å². The molecule has 1 heterocycles. The van der Waals surface area contributed by atoms with Crippen LogP contribution in [-0.4, -0.2) is 20.5 Å². The molecule has 0 radical (unpaired) electrons. The molecule has 0 aliphatic heterocycles. The molecule has 4 aliphatic carbocycles. The van der Waals surface area contributed by atoms with Crippen LogP contribution in [0.4, 0.5) is 0 Å². The van der Waals surface area contributed by atoms with Gasteiger partial charge in [0, 0.05) is 12.7 Å². The average Bonchev–Trinajstić information content (AvgIpc) is 3.38. The molecule has 0 bridgehead atoms. The maximum atomic E-state index is 11.2. The molecule has 0 amide bonds. The zero-order chi connectivity index (χ0) is 23.4. The Morgan fingerprint density at radius 3 is 2.64 bits per heavy atom. The number of hydrogen-bond donors (Lipinski definition) is 1. The Kier molecular flexibility index (Phi) is 5.96. The van der Waals surface area contributed by atoms with Crippen LogP contribution in [0.25, 0.3) is 0 Å². The zero-order valence-electron chi connectivity index (χ0n) is 21.4. The fraction of sp³-hybridized carbons (Fsp3) is 0.862. The molecule has 4 nitrogen and oxygen atoms in total. The summed E-state index contributed by atoms with van der Waals surface area (Å²) >= 11 is 0. The second kappa shape index (κ2) is 8.40. The van der Waals surface area contributed by atoms with Gasteiger partial charge in [-0.3, -0.25) is 4.68 Å². The standard InChI is InChI=1S/C29H45N3O/c1-5-11-29(33)14-13-27(3)22(15-29)6-7-23-25-9-8-24(28(25,4)12-10-26(23)27)20(2)18-32-19-21(16-30)17-31-32/h17,19-20,22-26,33H,5-15,18H2,1-4H3/t20-,22-,23+,24?,25+,26+,27+,28-,29-/m1/s1. The highest BCUT2D eigenvalue weighted by Gasteiger charge is 2.61. The first-order valence-electron chi connectivity index (χ1n) is 13.9. The number of hydrogen-bond acceptors (Lipinski definition) is 3. The number of aliphatic hydroxyl groups is 1. The Morgan fingerprint density at radius 2 is 1.91 bits per heavy atom. The van der Waals surface area contributed by atoms with E-state index in [9.17, 15) is 5.11 Å². The van der Waals surface area contributed by atoms with E-state index in [4.69, 9.17) is 5.26 Å². The lowest BCUT2D eigenvalue weighted by Crippen LogP contribution is -2.56. The van der Waals surface area contributed by atoms with Crippen molar-refractivity contribution in [2.75, 3.05) is 0 Å². The highest BCUT2D eigenvalue weighted by atomic mass is 16.3. The summed E-state index contributed by atoms with van der Waals surface area (Å²) in [4.78, 5) is 0. The van der Waals surface area contributed by atoms with Gasteiger partial charge in [-0.15, -0.1) is 0 Å². The molecular formula is C29H45N3O. The average molecular weight is 452 g/mol. The third-order valence-corrected chi connectivity index (χ3v) is 11.5. The summed E-state index contributed by atoms with van der Waals surface area (Å²) < 4.78 is 2.00. The molecule has 5 rings (SSSR count). The van der Waals surface area contributed by atoms with Crippen molar-refractivity contribution in [1.29, 1.82) is 5.26 Å². The normalized spacial score (nSPS) is 45.5. The Labute approximate surface area is 201 Å². The van der Waals surface area contributed by atoms with Crippen molar-refractivity contribution in [3.8, 4) is 6.07 Å². The van der Waals surface area contributed by atoms with Crippen molar-refractivity contribution in [2.24, 2.45) is 46.3 Å². The maximum absolute atomic E-state index is 11.2. The minimum atomic E-state index is -0.388.